The highest BCUT2D eigenvalue weighted by Crippen LogP contribution is 2.28. The number of benzene rings is 2. The lowest BCUT2D eigenvalue weighted by Gasteiger charge is -2.02. The third kappa shape index (κ3) is 3.17. The summed E-state index contributed by atoms with van der Waals surface area (Å²) in [4.78, 5) is 9.24. The van der Waals surface area contributed by atoms with Crippen molar-refractivity contribution in [2.24, 2.45) is 0 Å². The van der Waals surface area contributed by atoms with Gasteiger partial charge in [-0.1, -0.05) is 41.6 Å². The van der Waals surface area contributed by atoms with Crippen LogP contribution in [-0.4, -0.2) is 24.6 Å². The molecule has 134 valence electrons. The van der Waals surface area contributed by atoms with E-state index in [1.807, 2.05) is 18.2 Å². The molecule has 0 radical (unpaired) electrons. The van der Waals surface area contributed by atoms with Gasteiger partial charge in [0.05, 0.1) is 16.7 Å². The second-order valence-electron chi connectivity index (χ2n) is 6.19. The molecule has 3 aromatic heterocycles. The molecule has 6 nitrogen and oxygen atoms in total. The van der Waals surface area contributed by atoms with Crippen LogP contribution in [-0.2, 0) is 5.75 Å². The molecule has 0 saturated heterocycles. The fourth-order valence-electron chi connectivity index (χ4n) is 2.87. The van der Waals surface area contributed by atoms with Gasteiger partial charge in [-0.3, -0.25) is 4.40 Å². The number of rotatable bonds is 5. The monoisotopic (exact) mass is 392 g/mol. The zero-order valence-corrected chi connectivity index (χ0v) is 16.1. The third-order valence-corrected chi connectivity index (χ3v) is 5.99. The van der Waals surface area contributed by atoms with Crippen LogP contribution in [0.4, 0.5) is 10.8 Å². The van der Waals surface area contributed by atoms with E-state index in [1.165, 1.54) is 5.56 Å². The topological polar surface area (TPSA) is 70.9 Å². The van der Waals surface area contributed by atoms with Crippen molar-refractivity contribution >= 4 is 50.7 Å². The van der Waals surface area contributed by atoms with Crippen LogP contribution < -0.4 is 5.32 Å². The number of hydrogen-bond acceptors (Lipinski definition) is 6. The Morgan fingerprint density at radius 2 is 1.96 bits per heavy atom. The quantitative estimate of drug-likeness (QED) is 0.411. The van der Waals surface area contributed by atoms with E-state index in [1.54, 1.807) is 23.1 Å². The van der Waals surface area contributed by atoms with Crippen molar-refractivity contribution in [1.82, 2.24) is 24.6 Å². The van der Waals surface area contributed by atoms with Gasteiger partial charge < -0.3 is 5.32 Å². The van der Waals surface area contributed by atoms with E-state index in [-0.39, 0.29) is 0 Å². The van der Waals surface area contributed by atoms with Crippen LogP contribution in [0, 0.1) is 6.92 Å². The van der Waals surface area contributed by atoms with Gasteiger partial charge in [0, 0.05) is 16.8 Å². The molecule has 2 aromatic carbocycles. The van der Waals surface area contributed by atoms with Crippen molar-refractivity contribution in [3.63, 3.8) is 0 Å². The first-order chi connectivity index (χ1) is 13.3. The van der Waals surface area contributed by atoms with Gasteiger partial charge >= 0.3 is 0 Å². The summed E-state index contributed by atoms with van der Waals surface area (Å²) >= 11 is 3.26. The highest BCUT2D eigenvalue weighted by atomic mass is 32.2. The number of hydrogen-bond donors (Lipinski definition) is 2. The van der Waals surface area contributed by atoms with Gasteiger partial charge in [-0.15, -0.1) is 16.4 Å². The molecular formula is C19H16N6S2. The summed E-state index contributed by atoms with van der Waals surface area (Å²) in [6, 6.07) is 16.4. The number of aryl methyl sites for hydroxylation is 1. The van der Waals surface area contributed by atoms with Crippen LogP contribution in [0.15, 0.2) is 59.1 Å². The molecule has 0 amide bonds. The minimum absolute atomic E-state index is 0.749. The molecule has 5 rings (SSSR count). The Balaban J connectivity index is 1.33. The molecule has 27 heavy (non-hydrogen) atoms. The highest BCUT2D eigenvalue weighted by molar-refractivity contribution is 7.98. The second kappa shape index (κ2) is 6.71. The molecule has 0 spiro atoms. The van der Waals surface area contributed by atoms with E-state index >= 15 is 0 Å². The number of nitrogens with zero attached hydrogens (tertiary/aromatic N) is 4. The molecule has 3 heterocycles. The number of anilines is 2. The molecule has 0 bridgehead atoms. The van der Waals surface area contributed by atoms with Crippen LogP contribution in [0.2, 0.25) is 0 Å². The molecular weight excluding hydrogens is 376 g/mol. The van der Waals surface area contributed by atoms with Crippen molar-refractivity contribution in [3.8, 4) is 0 Å². The minimum atomic E-state index is 0.749. The predicted molar refractivity (Wildman–Crippen MR) is 111 cm³/mol. The summed E-state index contributed by atoms with van der Waals surface area (Å²) in [5, 5.41) is 14.6. The Morgan fingerprint density at radius 3 is 2.85 bits per heavy atom. The Kier molecular flexibility index (Phi) is 4.06. The lowest BCUT2D eigenvalue weighted by Crippen LogP contribution is -1.91. The van der Waals surface area contributed by atoms with Crippen molar-refractivity contribution < 1.29 is 0 Å². The third-order valence-electron chi connectivity index (χ3n) is 4.21. The molecule has 0 aliphatic rings. The summed E-state index contributed by atoms with van der Waals surface area (Å²) < 4.78 is 2.05. The predicted octanol–water partition coefficient (Wildman–Crippen LogP) is 5.01. The number of aromatic amines is 1. The van der Waals surface area contributed by atoms with Crippen molar-refractivity contribution in [2.45, 2.75) is 17.8 Å². The van der Waals surface area contributed by atoms with E-state index in [9.17, 15) is 0 Å². The summed E-state index contributed by atoms with van der Waals surface area (Å²) in [7, 11) is 0. The van der Waals surface area contributed by atoms with Crippen LogP contribution >= 0.6 is 23.1 Å². The van der Waals surface area contributed by atoms with Gasteiger partial charge in [-0.25, -0.2) is 15.1 Å². The first-order valence-electron chi connectivity index (χ1n) is 8.49. The number of aromatic nitrogens is 5. The second-order valence-corrected chi connectivity index (χ2v) is 7.99. The maximum absolute atomic E-state index is 4.68. The lowest BCUT2D eigenvalue weighted by molar-refractivity contribution is 0.939. The Bertz CT molecular complexity index is 1220. The van der Waals surface area contributed by atoms with E-state index in [2.05, 4.69) is 72.5 Å². The maximum Gasteiger partial charge on any atom is 0.231 e. The number of H-pyrrole nitrogens is 1. The SMILES string of the molecule is Cc1ccc(Nc2nc(CSc3n[nH]c4nc5ccccc5n34)cs2)cc1. The van der Waals surface area contributed by atoms with Gasteiger partial charge in [0.15, 0.2) is 10.3 Å². The van der Waals surface area contributed by atoms with Crippen LogP contribution in [0.1, 0.15) is 11.3 Å². The molecule has 0 aliphatic heterocycles. The molecule has 0 fully saturated rings. The smallest absolute Gasteiger partial charge is 0.231 e. The molecule has 5 aromatic rings. The largest absolute Gasteiger partial charge is 0.332 e. The average molecular weight is 393 g/mol. The summed E-state index contributed by atoms with van der Waals surface area (Å²) in [6.45, 7) is 2.08. The normalized spacial score (nSPS) is 11.4. The summed E-state index contributed by atoms with van der Waals surface area (Å²) in [5.41, 5.74) is 5.34. The van der Waals surface area contributed by atoms with Crippen LogP contribution in [0.3, 0.4) is 0 Å². The van der Waals surface area contributed by atoms with Crippen molar-refractivity contribution in [2.75, 3.05) is 5.32 Å². The van der Waals surface area contributed by atoms with Gasteiger partial charge in [0.1, 0.15) is 0 Å². The Hall–Kier alpha value is -2.84. The molecule has 0 unspecified atom stereocenters. The minimum Gasteiger partial charge on any atom is -0.332 e. The van der Waals surface area contributed by atoms with Gasteiger partial charge in [0.25, 0.3) is 0 Å². The molecule has 0 aliphatic carbocycles. The number of imidazole rings is 1. The maximum atomic E-state index is 4.68. The zero-order chi connectivity index (χ0) is 18.2. The number of para-hydroxylation sites is 2. The molecule has 0 atom stereocenters. The number of nitrogens with one attached hydrogen (secondary N) is 2. The Morgan fingerprint density at radius 1 is 1.11 bits per heavy atom. The van der Waals surface area contributed by atoms with Gasteiger partial charge in [-0.2, -0.15) is 0 Å². The fraction of sp³-hybridized carbons (Fsp3) is 0.105. The standard InChI is InChI=1S/C19H16N6S2/c1-12-6-8-13(9-7-12)20-18-21-14(10-26-18)11-27-19-24-23-17-22-15-4-2-3-5-16(15)25(17)19/h2-10H,11H2,1H3,(H,20,21)(H,22,23). The van der Waals surface area contributed by atoms with Crippen LogP contribution in [0.5, 0.6) is 0 Å². The average Bonchev–Trinajstić information content (AvgIpc) is 3.37. The van der Waals surface area contributed by atoms with Crippen LogP contribution in [0.25, 0.3) is 16.8 Å². The van der Waals surface area contributed by atoms with Gasteiger partial charge in [0.2, 0.25) is 5.78 Å². The number of thiazole rings is 1. The zero-order valence-electron chi connectivity index (χ0n) is 14.5. The van der Waals surface area contributed by atoms with E-state index in [0.29, 0.717) is 0 Å². The first kappa shape index (κ1) is 16.3. The molecule has 2 N–H and O–H groups in total. The number of thioether (sulfide) groups is 1. The summed E-state index contributed by atoms with van der Waals surface area (Å²) in [6.07, 6.45) is 0. The number of fused-ring (bicyclic) bond motifs is 3. The summed E-state index contributed by atoms with van der Waals surface area (Å²) in [5.74, 6) is 1.51. The van der Waals surface area contributed by atoms with E-state index in [0.717, 1.165) is 44.2 Å². The molecule has 0 saturated carbocycles. The Labute approximate surface area is 163 Å². The van der Waals surface area contributed by atoms with Crippen molar-refractivity contribution in [3.05, 3.63) is 65.2 Å². The fourth-order valence-corrected chi connectivity index (χ4v) is 4.55. The van der Waals surface area contributed by atoms with Gasteiger partial charge in [-0.05, 0) is 31.2 Å². The first-order valence-corrected chi connectivity index (χ1v) is 10.4. The molecule has 8 heteroatoms. The highest BCUT2D eigenvalue weighted by Gasteiger charge is 2.12. The van der Waals surface area contributed by atoms with Crippen molar-refractivity contribution in [1.29, 1.82) is 0 Å². The van der Waals surface area contributed by atoms with E-state index < -0.39 is 0 Å². The van der Waals surface area contributed by atoms with E-state index in [4.69, 9.17) is 0 Å². The lowest BCUT2D eigenvalue weighted by atomic mass is 10.2.